The maximum absolute atomic E-state index is 13.1. The molecule has 2 heterocycles. The zero-order chi connectivity index (χ0) is 25.2. The van der Waals surface area contributed by atoms with Crippen molar-refractivity contribution in [1.29, 1.82) is 0 Å². The predicted octanol–water partition coefficient (Wildman–Crippen LogP) is 3.23. The van der Waals surface area contributed by atoms with E-state index in [1.165, 1.54) is 34.7 Å². The molecule has 0 spiro atoms. The number of carbonyl (C=O) groups excluding carboxylic acids is 2. The van der Waals surface area contributed by atoms with Crippen molar-refractivity contribution in [2.75, 3.05) is 38.6 Å². The van der Waals surface area contributed by atoms with Crippen molar-refractivity contribution in [3.63, 3.8) is 0 Å². The van der Waals surface area contributed by atoms with Crippen molar-refractivity contribution in [1.82, 2.24) is 14.2 Å². The number of nitrogens with zero attached hydrogens (tertiary/aromatic N) is 3. The lowest BCUT2D eigenvalue weighted by molar-refractivity contribution is -0.129. The summed E-state index contributed by atoms with van der Waals surface area (Å²) in [5.41, 5.74) is 1.87. The van der Waals surface area contributed by atoms with E-state index in [4.69, 9.17) is 4.74 Å². The Morgan fingerprint density at radius 1 is 1.06 bits per heavy atom. The van der Waals surface area contributed by atoms with Crippen molar-refractivity contribution in [2.45, 2.75) is 18.7 Å². The third-order valence-electron chi connectivity index (χ3n) is 5.80. The Kier molecular flexibility index (Phi) is 7.20. The number of methoxy groups -OCH3 is 1. The van der Waals surface area contributed by atoms with Gasteiger partial charge in [0.05, 0.1) is 17.7 Å². The molecule has 4 rings (SSSR count). The summed E-state index contributed by atoms with van der Waals surface area (Å²) in [6.07, 6.45) is 0. The van der Waals surface area contributed by atoms with Crippen molar-refractivity contribution in [2.24, 2.45) is 0 Å². The molecule has 0 radical (unpaired) electrons. The number of carbonyl (C=O) groups is 2. The van der Waals surface area contributed by atoms with Crippen molar-refractivity contribution < 1.29 is 22.7 Å². The number of hydrogen-bond acceptors (Lipinski definition) is 7. The first-order chi connectivity index (χ1) is 16.7. The number of anilines is 1. The first kappa shape index (κ1) is 24.8. The molecule has 1 N–H and O–H groups in total. The van der Waals surface area contributed by atoms with Gasteiger partial charge in [-0.25, -0.2) is 13.4 Å². The smallest absolute Gasteiger partial charge is 0.257 e. The lowest BCUT2D eigenvalue weighted by Crippen LogP contribution is -2.49. The minimum Gasteiger partial charge on any atom is -0.497 e. The molecule has 0 aliphatic carbocycles. The number of benzene rings is 2. The molecule has 1 aliphatic heterocycles. The van der Waals surface area contributed by atoms with Gasteiger partial charge in [0.2, 0.25) is 15.9 Å². The standard InChI is InChI=1S/C24H26N4O5S2/c1-16-22(18-7-9-20(33-3)10-8-18)25-24(34-16)26-23(30)19-5-4-6-21(15-19)35(31,32)28-13-11-27(12-14-28)17(2)29/h4-10,15H,11-14H2,1-3H3,(H,25,26,30). The largest absolute Gasteiger partial charge is 0.497 e. The molecular formula is C24H26N4O5S2. The third kappa shape index (κ3) is 5.37. The molecule has 35 heavy (non-hydrogen) atoms. The molecule has 0 saturated carbocycles. The summed E-state index contributed by atoms with van der Waals surface area (Å²) >= 11 is 1.34. The van der Waals surface area contributed by atoms with E-state index >= 15 is 0 Å². The molecule has 0 unspecified atom stereocenters. The average Bonchev–Trinajstić information content (AvgIpc) is 3.23. The Bertz CT molecular complexity index is 1340. The molecule has 1 aromatic heterocycles. The molecule has 2 amide bonds. The molecular weight excluding hydrogens is 488 g/mol. The van der Waals surface area contributed by atoms with Gasteiger partial charge in [-0.2, -0.15) is 4.31 Å². The summed E-state index contributed by atoms with van der Waals surface area (Å²) in [5, 5.41) is 3.20. The van der Waals surface area contributed by atoms with Crippen LogP contribution in [0.5, 0.6) is 5.75 Å². The Hall–Kier alpha value is -3.28. The normalized spacial score (nSPS) is 14.5. The molecule has 3 aromatic rings. The van der Waals surface area contributed by atoms with Crippen LogP contribution < -0.4 is 10.1 Å². The highest BCUT2D eigenvalue weighted by Gasteiger charge is 2.29. The van der Waals surface area contributed by atoms with Gasteiger partial charge >= 0.3 is 0 Å². The van der Waals surface area contributed by atoms with Gasteiger partial charge in [-0.1, -0.05) is 6.07 Å². The maximum Gasteiger partial charge on any atom is 0.257 e. The summed E-state index contributed by atoms with van der Waals surface area (Å²) < 4.78 is 32.8. The quantitative estimate of drug-likeness (QED) is 0.541. The average molecular weight is 515 g/mol. The highest BCUT2D eigenvalue weighted by molar-refractivity contribution is 7.89. The monoisotopic (exact) mass is 514 g/mol. The lowest BCUT2D eigenvalue weighted by atomic mass is 10.1. The van der Waals surface area contributed by atoms with E-state index in [1.54, 1.807) is 24.1 Å². The number of aryl methyl sites for hydroxylation is 1. The number of ether oxygens (including phenoxy) is 1. The summed E-state index contributed by atoms with van der Waals surface area (Å²) in [6, 6.07) is 13.4. The first-order valence-electron chi connectivity index (χ1n) is 11.0. The number of sulfonamides is 1. The van der Waals surface area contributed by atoms with Crippen LogP contribution in [0.3, 0.4) is 0 Å². The van der Waals surface area contributed by atoms with Crippen LogP contribution in [0.2, 0.25) is 0 Å². The number of thiazole rings is 1. The van der Waals surface area contributed by atoms with Crippen LogP contribution in [0.1, 0.15) is 22.2 Å². The summed E-state index contributed by atoms with van der Waals surface area (Å²) in [6.45, 7) is 4.50. The maximum atomic E-state index is 13.1. The second-order valence-electron chi connectivity index (χ2n) is 8.04. The molecule has 184 valence electrons. The molecule has 0 atom stereocenters. The highest BCUT2D eigenvalue weighted by Crippen LogP contribution is 2.31. The fraction of sp³-hybridized carbons (Fsp3) is 0.292. The van der Waals surface area contributed by atoms with E-state index < -0.39 is 15.9 Å². The molecule has 1 aliphatic rings. The topological polar surface area (TPSA) is 109 Å². The zero-order valence-electron chi connectivity index (χ0n) is 19.6. The fourth-order valence-electron chi connectivity index (χ4n) is 3.83. The highest BCUT2D eigenvalue weighted by atomic mass is 32.2. The second kappa shape index (κ2) is 10.1. The van der Waals surface area contributed by atoms with Crippen LogP contribution in [0.4, 0.5) is 5.13 Å². The summed E-state index contributed by atoms with van der Waals surface area (Å²) in [4.78, 5) is 31.6. The van der Waals surface area contributed by atoms with Crippen LogP contribution in [-0.4, -0.2) is 67.7 Å². The zero-order valence-corrected chi connectivity index (χ0v) is 21.3. The molecule has 1 saturated heterocycles. The van der Waals surface area contributed by atoms with Gasteiger partial charge in [-0.05, 0) is 49.4 Å². The molecule has 0 bridgehead atoms. The molecule has 11 heteroatoms. The van der Waals surface area contributed by atoms with Crippen molar-refractivity contribution in [3.05, 3.63) is 59.0 Å². The fourth-order valence-corrected chi connectivity index (χ4v) is 6.13. The van der Waals surface area contributed by atoms with E-state index in [0.717, 1.165) is 21.9 Å². The van der Waals surface area contributed by atoms with Crippen LogP contribution >= 0.6 is 11.3 Å². The number of hydrogen-bond donors (Lipinski definition) is 1. The van der Waals surface area contributed by atoms with Crippen molar-refractivity contribution >= 4 is 38.3 Å². The third-order valence-corrected chi connectivity index (χ3v) is 8.58. The van der Waals surface area contributed by atoms with Crippen molar-refractivity contribution in [3.8, 4) is 17.0 Å². The Labute approximate surface area is 208 Å². The molecule has 9 nitrogen and oxygen atoms in total. The van der Waals surface area contributed by atoms with E-state index in [-0.39, 0.29) is 29.5 Å². The van der Waals surface area contributed by atoms with Gasteiger partial charge in [0, 0.05) is 49.1 Å². The van der Waals surface area contributed by atoms with Gasteiger partial charge in [-0.15, -0.1) is 11.3 Å². The number of rotatable bonds is 6. The lowest BCUT2D eigenvalue weighted by Gasteiger charge is -2.33. The minimum absolute atomic E-state index is 0.0377. The van der Waals surface area contributed by atoms with Gasteiger partial charge in [-0.3, -0.25) is 14.9 Å². The Morgan fingerprint density at radius 3 is 2.37 bits per heavy atom. The van der Waals surface area contributed by atoms with Gasteiger partial charge in [0.1, 0.15) is 5.75 Å². The number of aromatic nitrogens is 1. The Balaban J connectivity index is 1.49. The van der Waals surface area contributed by atoms with Gasteiger partial charge < -0.3 is 9.64 Å². The van der Waals surface area contributed by atoms with E-state index in [0.29, 0.717) is 18.2 Å². The van der Waals surface area contributed by atoms with Gasteiger partial charge in [0.15, 0.2) is 5.13 Å². The van der Waals surface area contributed by atoms with E-state index in [1.807, 2.05) is 31.2 Å². The van der Waals surface area contributed by atoms with E-state index in [9.17, 15) is 18.0 Å². The molecule has 2 aromatic carbocycles. The second-order valence-corrected chi connectivity index (χ2v) is 11.2. The van der Waals surface area contributed by atoms with Gasteiger partial charge in [0.25, 0.3) is 5.91 Å². The van der Waals surface area contributed by atoms with Crippen LogP contribution in [0.15, 0.2) is 53.4 Å². The first-order valence-corrected chi connectivity index (χ1v) is 13.2. The predicted molar refractivity (Wildman–Crippen MR) is 134 cm³/mol. The van der Waals surface area contributed by atoms with Crippen LogP contribution in [0.25, 0.3) is 11.3 Å². The van der Waals surface area contributed by atoms with Crippen LogP contribution in [0, 0.1) is 6.92 Å². The SMILES string of the molecule is COc1ccc(-c2nc(NC(=O)c3cccc(S(=O)(=O)N4CCN(C(C)=O)CC4)c3)sc2C)cc1. The van der Waals surface area contributed by atoms with Crippen LogP contribution in [-0.2, 0) is 14.8 Å². The number of amides is 2. The minimum atomic E-state index is -3.79. The molecule has 1 fully saturated rings. The summed E-state index contributed by atoms with van der Waals surface area (Å²) in [7, 11) is -2.19. The number of piperazine rings is 1. The Morgan fingerprint density at radius 2 is 1.74 bits per heavy atom. The van der Waals surface area contributed by atoms with E-state index in [2.05, 4.69) is 10.3 Å². The summed E-state index contributed by atoms with van der Waals surface area (Å²) in [5.74, 6) is 0.220. The number of nitrogens with one attached hydrogen (secondary N) is 1.